The number of ketones is 1. The van der Waals surface area contributed by atoms with Crippen molar-refractivity contribution in [3.63, 3.8) is 0 Å². The summed E-state index contributed by atoms with van der Waals surface area (Å²) in [7, 11) is 0. The summed E-state index contributed by atoms with van der Waals surface area (Å²) in [4.78, 5) is 19.9. The molecule has 2 aromatic rings. The lowest BCUT2D eigenvalue weighted by Crippen LogP contribution is -2.08. The Labute approximate surface area is 113 Å². The summed E-state index contributed by atoms with van der Waals surface area (Å²) in [6.45, 7) is 2.24. The van der Waals surface area contributed by atoms with E-state index in [9.17, 15) is 9.18 Å². The molecule has 2 heterocycles. The predicted molar refractivity (Wildman–Crippen MR) is 68.8 cm³/mol. The summed E-state index contributed by atoms with van der Waals surface area (Å²) < 4.78 is 19.0. The Hall–Kier alpha value is -1.86. The first-order valence-corrected chi connectivity index (χ1v) is 6.51. The fourth-order valence-corrected chi connectivity index (χ4v) is 2.14. The molecule has 100 valence electrons. The number of hydrogen-bond donors (Lipinski definition) is 1. The van der Waals surface area contributed by atoms with Gasteiger partial charge in [-0.15, -0.1) is 11.3 Å². The Morgan fingerprint density at radius 1 is 1.58 bits per heavy atom. The maximum absolute atomic E-state index is 14.0. The molecule has 19 heavy (non-hydrogen) atoms. The molecular formula is C12H12FN3O2S. The van der Waals surface area contributed by atoms with Gasteiger partial charge in [-0.1, -0.05) is 0 Å². The normalized spacial score (nSPS) is 10.5. The van der Waals surface area contributed by atoms with E-state index >= 15 is 0 Å². The standard InChI is InChI=1S/C12H12FN3O2S/c1-2-18-12-10(13)7(3-4-15-12)11(17)8-6-19-9(5-14)16-8/h3-4,6H,2,5,14H2,1H3. The molecule has 0 aliphatic heterocycles. The maximum atomic E-state index is 14.0. The summed E-state index contributed by atoms with van der Waals surface area (Å²) in [5.41, 5.74) is 5.50. The molecule has 5 nitrogen and oxygen atoms in total. The minimum atomic E-state index is -0.767. The Bertz CT molecular complexity index is 600. The number of pyridine rings is 1. The lowest BCUT2D eigenvalue weighted by molar-refractivity contribution is 0.102. The summed E-state index contributed by atoms with van der Waals surface area (Å²) in [6, 6.07) is 1.31. The zero-order valence-corrected chi connectivity index (χ0v) is 11.0. The van der Waals surface area contributed by atoms with Crippen LogP contribution >= 0.6 is 11.3 Å². The van der Waals surface area contributed by atoms with E-state index in [0.717, 1.165) is 0 Å². The number of carbonyl (C=O) groups is 1. The zero-order chi connectivity index (χ0) is 13.8. The van der Waals surface area contributed by atoms with Crippen molar-refractivity contribution in [2.24, 2.45) is 5.73 Å². The highest BCUT2D eigenvalue weighted by atomic mass is 32.1. The van der Waals surface area contributed by atoms with E-state index < -0.39 is 11.6 Å². The minimum Gasteiger partial charge on any atom is -0.476 e. The second-order valence-electron chi connectivity index (χ2n) is 3.57. The van der Waals surface area contributed by atoms with Gasteiger partial charge >= 0.3 is 0 Å². The molecule has 2 rings (SSSR count). The molecule has 0 aliphatic carbocycles. The molecule has 0 radical (unpaired) electrons. The SMILES string of the molecule is CCOc1nccc(C(=O)c2csc(CN)n2)c1F. The third-order valence-corrected chi connectivity index (χ3v) is 3.21. The molecule has 0 fully saturated rings. The van der Waals surface area contributed by atoms with Gasteiger partial charge in [0.05, 0.1) is 12.2 Å². The molecule has 0 saturated heterocycles. The molecule has 0 spiro atoms. The number of ether oxygens (including phenoxy) is 1. The lowest BCUT2D eigenvalue weighted by atomic mass is 10.1. The number of nitrogens with zero attached hydrogens (tertiary/aromatic N) is 2. The van der Waals surface area contributed by atoms with Gasteiger partial charge in [0, 0.05) is 18.1 Å². The fourth-order valence-electron chi connectivity index (χ4n) is 1.48. The van der Waals surface area contributed by atoms with Gasteiger partial charge < -0.3 is 10.5 Å². The number of halogens is 1. The molecule has 0 aromatic carbocycles. The summed E-state index contributed by atoms with van der Waals surface area (Å²) in [6.07, 6.45) is 1.33. The smallest absolute Gasteiger partial charge is 0.251 e. The van der Waals surface area contributed by atoms with Gasteiger partial charge in [0.25, 0.3) is 5.88 Å². The van der Waals surface area contributed by atoms with Crippen LogP contribution in [-0.4, -0.2) is 22.4 Å². The van der Waals surface area contributed by atoms with Crippen molar-refractivity contribution in [3.8, 4) is 5.88 Å². The van der Waals surface area contributed by atoms with Crippen molar-refractivity contribution in [2.75, 3.05) is 6.61 Å². The number of aromatic nitrogens is 2. The highest BCUT2D eigenvalue weighted by Crippen LogP contribution is 2.21. The van der Waals surface area contributed by atoms with E-state index in [1.54, 1.807) is 12.3 Å². The molecule has 0 atom stereocenters. The molecule has 0 unspecified atom stereocenters. The predicted octanol–water partition coefficient (Wildman–Crippen LogP) is 1.77. The molecule has 0 amide bonds. The Morgan fingerprint density at radius 3 is 3.00 bits per heavy atom. The quantitative estimate of drug-likeness (QED) is 0.845. The van der Waals surface area contributed by atoms with Crippen LogP contribution in [0, 0.1) is 5.82 Å². The number of nitrogens with two attached hydrogens (primary N) is 1. The molecule has 0 bridgehead atoms. The van der Waals surface area contributed by atoms with Gasteiger partial charge in [-0.3, -0.25) is 4.79 Å². The van der Waals surface area contributed by atoms with E-state index in [1.807, 2.05) is 0 Å². The van der Waals surface area contributed by atoms with Crippen molar-refractivity contribution in [1.29, 1.82) is 0 Å². The molecule has 2 N–H and O–H groups in total. The third kappa shape index (κ3) is 2.77. The van der Waals surface area contributed by atoms with Crippen LogP contribution in [0.25, 0.3) is 0 Å². The Kier molecular flexibility index (Phi) is 4.18. The van der Waals surface area contributed by atoms with Crippen LogP contribution in [0.1, 0.15) is 28.0 Å². The first-order chi connectivity index (χ1) is 9.17. The van der Waals surface area contributed by atoms with Gasteiger partial charge in [0.15, 0.2) is 5.82 Å². The van der Waals surface area contributed by atoms with Crippen molar-refractivity contribution in [2.45, 2.75) is 13.5 Å². The van der Waals surface area contributed by atoms with E-state index in [1.165, 1.54) is 23.6 Å². The summed E-state index contributed by atoms with van der Waals surface area (Å²) >= 11 is 1.27. The number of hydrogen-bond acceptors (Lipinski definition) is 6. The fraction of sp³-hybridized carbons (Fsp3) is 0.250. The van der Waals surface area contributed by atoms with Crippen LogP contribution in [-0.2, 0) is 6.54 Å². The topological polar surface area (TPSA) is 78.1 Å². The van der Waals surface area contributed by atoms with Crippen LogP contribution in [0.15, 0.2) is 17.6 Å². The van der Waals surface area contributed by atoms with E-state index in [-0.39, 0.29) is 30.3 Å². The third-order valence-electron chi connectivity index (χ3n) is 2.34. The van der Waals surface area contributed by atoms with Crippen molar-refractivity contribution in [3.05, 3.63) is 39.7 Å². The summed E-state index contributed by atoms with van der Waals surface area (Å²) in [5, 5.41) is 2.19. The van der Waals surface area contributed by atoms with Gasteiger partial charge in [-0.05, 0) is 13.0 Å². The van der Waals surface area contributed by atoms with E-state index in [0.29, 0.717) is 5.01 Å². The van der Waals surface area contributed by atoms with Gasteiger partial charge in [0.2, 0.25) is 5.78 Å². The highest BCUT2D eigenvalue weighted by molar-refractivity contribution is 7.09. The van der Waals surface area contributed by atoms with Crippen molar-refractivity contribution in [1.82, 2.24) is 9.97 Å². The van der Waals surface area contributed by atoms with Crippen molar-refractivity contribution < 1.29 is 13.9 Å². The Morgan fingerprint density at radius 2 is 2.37 bits per heavy atom. The largest absolute Gasteiger partial charge is 0.476 e. The van der Waals surface area contributed by atoms with E-state index in [4.69, 9.17) is 10.5 Å². The number of carbonyl (C=O) groups excluding carboxylic acids is 1. The molecular weight excluding hydrogens is 269 g/mol. The monoisotopic (exact) mass is 281 g/mol. The van der Waals surface area contributed by atoms with Gasteiger partial charge in [0.1, 0.15) is 10.7 Å². The molecule has 2 aromatic heterocycles. The van der Waals surface area contributed by atoms with E-state index in [2.05, 4.69) is 9.97 Å². The number of rotatable bonds is 5. The number of thiazole rings is 1. The van der Waals surface area contributed by atoms with Crippen LogP contribution in [0.4, 0.5) is 4.39 Å². The maximum Gasteiger partial charge on any atom is 0.251 e. The zero-order valence-electron chi connectivity index (χ0n) is 10.2. The van der Waals surface area contributed by atoms with Crippen LogP contribution in [0.3, 0.4) is 0 Å². The second kappa shape index (κ2) is 5.85. The van der Waals surface area contributed by atoms with Gasteiger partial charge in [-0.25, -0.2) is 14.4 Å². The molecule has 0 saturated carbocycles. The highest BCUT2D eigenvalue weighted by Gasteiger charge is 2.20. The van der Waals surface area contributed by atoms with Gasteiger partial charge in [-0.2, -0.15) is 0 Å². The van der Waals surface area contributed by atoms with Crippen LogP contribution < -0.4 is 10.5 Å². The van der Waals surface area contributed by atoms with Crippen molar-refractivity contribution >= 4 is 17.1 Å². The molecule has 0 aliphatic rings. The lowest BCUT2D eigenvalue weighted by Gasteiger charge is -2.05. The average molecular weight is 281 g/mol. The minimum absolute atomic E-state index is 0.104. The van der Waals surface area contributed by atoms with Crippen LogP contribution in [0.5, 0.6) is 5.88 Å². The first kappa shape index (κ1) is 13.6. The average Bonchev–Trinajstić information content (AvgIpc) is 2.89. The molecule has 7 heteroatoms. The summed E-state index contributed by atoms with van der Waals surface area (Å²) in [5.74, 6) is -1.45. The second-order valence-corrected chi connectivity index (χ2v) is 4.51. The Balaban J connectivity index is 2.35. The van der Waals surface area contributed by atoms with Crippen LogP contribution in [0.2, 0.25) is 0 Å². The first-order valence-electron chi connectivity index (χ1n) is 5.63.